The number of hydrogen-bond acceptors (Lipinski definition) is 1. The second-order valence-corrected chi connectivity index (χ2v) is 5.03. The number of aryl methyl sites for hydroxylation is 1. The van der Waals surface area contributed by atoms with E-state index in [0.29, 0.717) is 12.1 Å². The van der Waals surface area contributed by atoms with Crippen LogP contribution in [-0.2, 0) is 13.0 Å². The van der Waals surface area contributed by atoms with Crippen LogP contribution in [0.1, 0.15) is 45.7 Å². The molecule has 0 heterocycles. The molecule has 0 aliphatic carbocycles. The fourth-order valence-corrected chi connectivity index (χ4v) is 2.05. The van der Waals surface area contributed by atoms with Gasteiger partial charge in [-0.1, -0.05) is 31.2 Å². The Labute approximate surface area is 100 Å². The molecule has 0 saturated carbocycles. The van der Waals surface area contributed by atoms with Crippen LogP contribution in [-0.4, -0.2) is 17.0 Å². The number of hydrogen-bond donors (Lipinski definition) is 0. The molecule has 16 heavy (non-hydrogen) atoms. The first-order valence-electron chi connectivity index (χ1n) is 6.38. The van der Waals surface area contributed by atoms with Crippen LogP contribution in [0.4, 0.5) is 0 Å². The van der Waals surface area contributed by atoms with E-state index in [4.69, 9.17) is 0 Å². The zero-order valence-electron chi connectivity index (χ0n) is 11.3. The molecule has 90 valence electrons. The Bertz CT molecular complexity index is 290. The maximum Gasteiger partial charge on any atom is 0.0239 e. The van der Waals surface area contributed by atoms with E-state index in [2.05, 4.69) is 63.8 Å². The van der Waals surface area contributed by atoms with Gasteiger partial charge in [0.05, 0.1) is 0 Å². The lowest BCUT2D eigenvalue weighted by atomic mass is 10.1. The maximum absolute atomic E-state index is 2.51. The smallest absolute Gasteiger partial charge is 0.0239 e. The third-order valence-electron chi connectivity index (χ3n) is 3.12. The predicted molar refractivity (Wildman–Crippen MR) is 71.6 cm³/mol. The van der Waals surface area contributed by atoms with E-state index in [9.17, 15) is 0 Å². The fourth-order valence-electron chi connectivity index (χ4n) is 2.05. The van der Waals surface area contributed by atoms with Gasteiger partial charge in [-0.15, -0.1) is 0 Å². The first-order valence-corrected chi connectivity index (χ1v) is 6.38. The monoisotopic (exact) mass is 219 g/mol. The molecule has 0 spiro atoms. The zero-order chi connectivity index (χ0) is 12.1. The van der Waals surface area contributed by atoms with Gasteiger partial charge in [0.2, 0.25) is 0 Å². The molecule has 0 unspecified atom stereocenters. The van der Waals surface area contributed by atoms with Crippen LogP contribution in [0, 0.1) is 0 Å². The average molecular weight is 219 g/mol. The van der Waals surface area contributed by atoms with Gasteiger partial charge in [-0.25, -0.2) is 0 Å². The first kappa shape index (κ1) is 13.2. The molecule has 0 fully saturated rings. The van der Waals surface area contributed by atoms with Gasteiger partial charge in [0.25, 0.3) is 0 Å². The van der Waals surface area contributed by atoms with Crippen molar-refractivity contribution in [2.45, 2.75) is 59.7 Å². The Balaban J connectivity index is 2.70. The topological polar surface area (TPSA) is 3.24 Å². The van der Waals surface area contributed by atoms with Crippen molar-refractivity contribution in [3.05, 3.63) is 35.4 Å². The first-order chi connectivity index (χ1) is 7.54. The van der Waals surface area contributed by atoms with Crippen molar-refractivity contribution in [3.63, 3.8) is 0 Å². The average Bonchev–Trinajstić information content (AvgIpc) is 2.25. The summed E-state index contributed by atoms with van der Waals surface area (Å²) in [5.41, 5.74) is 2.84. The minimum Gasteiger partial charge on any atom is -0.294 e. The molecule has 1 aromatic rings. The maximum atomic E-state index is 2.51. The van der Waals surface area contributed by atoms with Crippen LogP contribution in [0.25, 0.3) is 0 Å². The third kappa shape index (κ3) is 3.64. The molecule has 0 amide bonds. The minimum absolute atomic E-state index is 0.603. The summed E-state index contributed by atoms with van der Waals surface area (Å²) in [6.45, 7) is 12.3. The molecule has 0 aliphatic rings. The van der Waals surface area contributed by atoms with Crippen molar-refractivity contribution in [3.8, 4) is 0 Å². The van der Waals surface area contributed by atoms with E-state index in [1.165, 1.54) is 11.1 Å². The Morgan fingerprint density at radius 2 is 1.31 bits per heavy atom. The van der Waals surface area contributed by atoms with Crippen molar-refractivity contribution >= 4 is 0 Å². The van der Waals surface area contributed by atoms with E-state index in [0.717, 1.165) is 13.0 Å². The Morgan fingerprint density at radius 1 is 0.875 bits per heavy atom. The molecule has 1 rings (SSSR count). The molecular formula is C15H25N. The molecule has 0 radical (unpaired) electrons. The van der Waals surface area contributed by atoms with Crippen LogP contribution in [0.5, 0.6) is 0 Å². The van der Waals surface area contributed by atoms with Crippen LogP contribution in [0.15, 0.2) is 24.3 Å². The Morgan fingerprint density at radius 3 is 1.69 bits per heavy atom. The van der Waals surface area contributed by atoms with Gasteiger partial charge in [-0.2, -0.15) is 0 Å². The summed E-state index contributed by atoms with van der Waals surface area (Å²) in [6.07, 6.45) is 1.12. The molecule has 0 aliphatic heterocycles. The standard InChI is InChI=1S/C15H25N/c1-6-14-7-9-15(10-8-14)11-16(12(2)3)13(4)5/h7-10,12-13H,6,11H2,1-5H3. The number of nitrogens with zero attached hydrogens (tertiary/aromatic N) is 1. The van der Waals surface area contributed by atoms with E-state index >= 15 is 0 Å². The lowest BCUT2D eigenvalue weighted by molar-refractivity contribution is 0.166. The summed E-state index contributed by atoms with van der Waals surface area (Å²) in [4.78, 5) is 2.51. The van der Waals surface area contributed by atoms with Crippen molar-refractivity contribution in [2.24, 2.45) is 0 Å². The second kappa shape index (κ2) is 6.05. The van der Waals surface area contributed by atoms with Crippen molar-refractivity contribution in [1.82, 2.24) is 4.90 Å². The Kier molecular flexibility index (Phi) is 5.01. The molecule has 1 aromatic carbocycles. The van der Waals surface area contributed by atoms with Crippen molar-refractivity contribution in [1.29, 1.82) is 0 Å². The van der Waals surface area contributed by atoms with Crippen molar-refractivity contribution in [2.75, 3.05) is 0 Å². The summed E-state index contributed by atoms with van der Waals surface area (Å²) in [6, 6.07) is 10.2. The molecular weight excluding hydrogens is 194 g/mol. The van der Waals surface area contributed by atoms with Gasteiger partial charge in [-0.3, -0.25) is 4.90 Å². The molecule has 0 aromatic heterocycles. The van der Waals surface area contributed by atoms with Gasteiger partial charge in [0, 0.05) is 18.6 Å². The van der Waals surface area contributed by atoms with Crippen molar-refractivity contribution < 1.29 is 0 Å². The van der Waals surface area contributed by atoms with Gasteiger partial charge >= 0.3 is 0 Å². The molecule has 0 saturated heterocycles. The molecule has 0 N–H and O–H groups in total. The number of benzene rings is 1. The van der Waals surface area contributed by atoms with E-state index in [1.54, 1.807) is 0 Å². The van der Waals surface area contributed by atoms with E-state index in [-0.39, 0.29) is 0 Å². The highest BCUT2D eigenvalue weighted by molar-refractivity contribution is 5.22. The summed E-state index contributed by atoms with van der Waals surface area (Å²) in [7, 11) is 0. The molecule has 1 nitrogen and oxygen atoms in total. The highest BCUT2D eigenvalue weighted by atomic mass is 15.2. The summed E-state index contributed by atoms with van der Waals surface area (Å²) in [5.74, 6) is 0. The molecule has 0 atom stereocenters. The largest absolute Gasteiger partial charge is 0.294 e. The van der Waals surface area contributed by atoms with Gasteiger partial charge in [-0.05, 0) is 45.2 Å². The lowest BCUT2D eigenvalue weighted by Crippen LogP contribution is -2.36. The highest BCUT2D eigenvalue weighted by Gasteiger charge is 2.13. The van der Waals surface area contributed by atoms with Crippen LogP contribution in [0.3, 0.4) is 0 Å². The predicted octanol–water partition coefficient (Wildman–Crippen LogP) is 3.87. The van der Waals surface area contributed by atoms with Crippen LogP contribution < -0.4 is 0 Å². The van der Waals surface area contributed by atoms with Gasteiger partial charge in [0.1, 0.15) is 0 Å². The van der Waals surface area contributed by atoms with Gasteiger partial charge < -0.3 is 0 Å². The summed E-state index contributed by atoms with van der Waals surface area (Å²) < 4.78 is 0. The van der Waals surface area contributed by atoms with E-state index < -0.39 is 0 Å². The summed E-state index contributed by atoms with van der Waals surface area (Å²) >= 11 is 0. The summed E-state index contributed by atoms with van der Waals surface area (Å²) in [5, 5.41) is 0. The fraction of sp³-hybridized carbons (Fsp3) is 0.600. The zero-order valence-corrected chi connectivity index (χ0v) is 11.3. The van der Waals surface area contributed by atoms with E-state index in [1.807, 2.05) is 0 Å². The normalized spacial score (nSPS) is 11.8. The van der Waals surface area contributed by atoms with Gasteiger partial charge in [0.15, 0.2) is 0 Å². The quantitative estimate of drug-likeness (QED) is 0.726. The Hall–Kier alpha value is -0.820. The van der Waals surface area contributed by atoms with Crippen LogP contribution >= 0.6 is 0 Å². The SMILES string of the molecule is CCc1ccc(CN(C(C)C)C(C)C)cc1. The van der Waals surface area contributed by atoms with Crippen LogP contribution in [0.2, 0.25) is 0 Å². The second-order valence-electron chi connectivity index (χ2n) is 5.03. The number of rotatable bonds is 5. The molecule has 0 bridgehead atoms. The minimum atomic E-state index is 0.603. The third-order valence-corrected chi connectivity index (χ3v) is 3.12. The highest BCUT2D eigenvalue weighted by Crippen LogP contribution is 2.13. The lowest BCUT2D eigenvalue weighted by Gasteiger charge is -2.30. The molecule has 1 heteroatoms.